The van der Waals surface area contributed by atoms with Gasteiger partial charge in [-0.15, -0.1) is 0 Å². The van der Waals surface area contributed by atoms with Gasteiger partial charge in [-0.05, 0) is 24.5 Å². The molecule has 17 heavy (non-hydrogen) atoms. The molecule has 1 unspecified atom stereocenters. The number of benzene rings is 1. The summed E-state index contributed by atoms with van der Waals surface area (Å²) < 4.78 is 24.8. The van der Waals surface area contributed by atoms with E-state index in [0.717, 1.165) is 12.0 Å². The van der Waals surface area contributed by atoms with Crippen LogP contribution in [0, 0.1) is 0 Å². The van der Waals surface area contributed by atoms with Gasteiger partial charge in [-0.3, -0.25) is 0 Å². The lowest BCUT2D eigenvalue weighted by molar-refractivity contribution is 0.182. The van der Waals surface area contributed by atoms with Gasteiger partial charge in [0, 0.05) is 6.54 Å². The van der Waals surface area contributed by atoms with E-state index in [4.69, 9.17) is 0 Å². The third-order valence-electron chi connectivity index (χ3n) is 2.65. The van der Waals surface area contributed by atoms with Crippen molar-refractivity contribution in [2.24, 2.45) is 0 Å². The zero-order chi connectivity index (χ0) is 12.9. The van der Waals surface area contributed by atoms with Crippen molar-refractivity contribution in [2.45, 2.75) is 26.4 Å². The van der Waals surface area contributed by atoms with Crippen LogP contribution in [0.2, 0.25) is 0 Å². The second-order valence-corrected chi connectivity index (χ2v) is 5.96. The highest BCUT2D eigenvalue weighted by molar-refractivity contribution is 7.89. The summed E-state index contributed by atoms with van der Waals surface area (Å²) in [7, 11) is -3.25. The first-order chi connectivity index (χ1) is 7.98. The van der Waals surface area contributed by atoms with Gasteiger partial charge in [0.2, 0.25) is 10.0 Å². The van der Waals surface area contributed by atoms with E-state index in [2.05, 4.69) is 11.6 Å². The molecule has 1 aromatic rings. The van der Waals surface area contributed by atoms with Crippen molar-refractivity contribution in [1.29, 1.82) is 0 Å². The van der Waals surface area contributed by atoms with Crippen molar-refractivity contribution in [3.05, 3.63) is 35.4 Å². The highest BCUT2D eigenvalue weighted by atomic mass is 32.2. The van der Waals surface area contributed by atoms with Crippen LogP contribution in [0.15, 0.2) is 24.3 Å². The number of nitrogens with one attached hydrogen (secondary N) is 1. The summed E-state index contributed by atoms with van der Waals surface area (Å²) in [5.74, 6) is 0.0223. The van der Waals surface area contributed by atoms with E-state index in [1.807, 2.05) is 24.3 Å². The van der Waals surface area contributed by atoms with E-state index in [1.165, 1.54) is 5.56 Å². The van der Waals surface area contributed by atoms with Crippen LogP contribution in [-0.4, -0.2) is 25.8 Å². The van der Waals surface area contributed by atoms with Crippen LogP contribution < -0.4 is 4.72 Å². The standard InChI is InChI=1S/C12H19NO3S/c1-3-10-5-7-11(8-6-10)12(14)9-13-17(15,16)4-2/h5-8,12-14H,3-4,9H2,1-2H3. The quantitative estimate of drug-likeness (QED) is 0.805. The first-order valence-electron chi connectivity index (χ1n) is 5.72. The Morgan fingerprint density at radius 3 is 2.29 bits per heavy atom. The topological polar surface area (TPSA) is 66.4 Å². The van der Waals surface area contributed by atoms with E-state index in [-0.39, 0.29) is 12.3 Å². The first-order valence-corrected chi connectivity index (χ1v) is 7.38. The molecule has 0 radical (unpaired) electrons. The maximum absolute atomic E-state index is 11.2. The molecule has 0 fully saturated rings. The Balaban J connectivity index is 2.60. The van der Waals surface area contributed by atoms with Gasteiger partial charge in [-0.25, -0.2) is 13.1 Å². The Kier molecular flexibility index (Phi) is 5.11. The Morgan fingerprint density at radius 2 is 1.82 bits per heavy atom. The summed E-state index contributed by atoms with van der Waals surface area (Å²) >= 11 is 0. The van der Waals surface area contributed by atoms with Crippen molar-refractivity contribution in [3.63, 3.8) is 0 Å². The molecule has 0 aliphatic rings. The van der Waals surface area contributed by atoms with Gasteiger partial charge >= 0.3 is 0 Å². The number of aliphatic hydroxyl groups excluding tert-OH is 1. The van der Waals surface area contributed by atoms with Gasteiger partial charge in [0.25, 0.3) is 0 Å². The van der Waals surface area contributed by atoms with Crippen LogP contribution in [0.4, 0.5) is 0 Å². The summed E-state index contributed by atoms with van der Waals surface area (Å²) in [5, 5.41) is 9.82. The lowest BCUT2D eigenvalue weighted by atomic mass is 10.1. The number of sulfonamides is 1. The molecule has 0 saturated carbocycles. The predicted octanol–water partition coefficient (Wildman–Crippen LogP) is 1.22. The average molecular weight is 257 g/mol. The van der Waals surface area contributed by atoms with Crippen molar-refractivity contribution >= 4 is 10.0 Å². The molecule has 5 heteroatoms. The Bertz CT molecular complexity index is 439. The van der Waals surface area contributed by atoms with E-state index >= 15 is 0 Å². The minimum absolute atomic E-state index is 0.0155. The second kappa shape index (κ2) is 6.14. The second-order valence-electron chi connectivity index (χ2n) is 3.86. The number of hydrogen-bond donors (Lipinski definition) is 2. The highest BCUT2D eigenvalue weighted by Gasteiger charge is 2.12. The molecule has 1 atom stereocenters. The maximum atomic E-state index is 11.2. The van der Waals surface area contributed by atoms with Crippen LogP contribution in [0.3, 0.4) is 0 Å². The molecular formula is C12H19NO3S. The predicted molar refractivity (Wildman–Crippen MR) is 68.2 cm³/mol. The zero-order valence-electron chi connectivity index (χ0n) is 10.2. The van der Waals surface area contributed by atoms with Crippen molar-refractivity contribution in [3.8, 4) is 0 Å². The monoisotopic (exact) mass is 257 g/mol. The lowest BCUT2D eigenvalue weighted by Gasteiger charge is -2.12. The molecule has 4 nitrogen and oxygen atoms in total. The van der Waals surface area contributed by atoms with Crippen LogP contribution in [0.5, 0.6) is 0 Å². The number of hydrogen-bond acceptors (Lipinski definition) is 3. The molecule has 0 saturated heterocycles. The van der Waals surface area contributed by atoms with Crippen LogP contribution in [0.25, 0.3) is 0 Å². The summed E-state index contributed by atoms with van der Waals surface area (Å²) in [4.78, 5) is 0. The smallest absolute Gasteiger partial charge is 0.211 e. The van der Waals surface area contributed by atoms with E-state index in [0.29, 0.717) is 0 Å². The third-order valence-corrected chi connectivity index (χ3v) is 4.02. The largest absolute Gasteiger partial charge is 0.387 e. The normalized spacial score (nSPS) is 13.6. The molecule has 0 aliphatic carbocycles. The summed E-state index contributed by atoms with van der Waals surface area (Å²) in [6, 6.07) is 7.52. The Labute approximate surface area is 103 Å². The van der Waals surface area contributed by atoms with E-state index in [9.17, 15) is 13.5 Å². The van der Waals surface area contributed by atoms with E-state index in [1.54, 1.807) is 6.92 Å². The molecule has 96 valence electrons. The van der Waals surface area contributed by atoms with Crippen LogP contribution >= 0.6 is 0 Å². The molecule has 0 spiro atoms. The molecule has 0 bridgehead atoms. The van der Waals surface area contributed by atoms with Gasteiger partial charge in [-0.2, -0.15) is 0 Å². The number of rotatable bonds is 6. The fourth-order valence-corrected chi connectivity index (χ4v) is 2.02. The Morgan fingerprint density at radius 1 is 1.24 bits per heavy atom. The minimum atomic E-state index is -3.25. The van der Waals surface area contributed by atoms with Gasteiger partial charge < -0.3 is 5.11 Å². The molecule has 0 aliphatic heterocycles. The number of aliphatic hydroxyl groups is 1. The molecule has 1 aromatic carbocycles. The molecule has 0 amide bonds. The first kappa shape index (κ1) is 14.2. The molecular weight excluding hydrogens is 238 g/mol. The van der Waals surface area contributed by atoms with Crippen molar-refractivity contribution < 1.29 is 13.5 Å². The fourth-order valence-electron chi connectivity index (χ4n) is 1.40. The van der Waals surface area contributed by atoms with Gasteiger partial charge in [0.1, 0.15) is 0 Å². The molecule has 0 aromatic heterocycles. The van der Waals surface area contributed by atoms with Crippen LogP contribution in [0.1, 0.15) is 31.1 Å². The summed E-state index contributed by atoms with van der Waals surface area (Å²) in [6.07, 6.45) is 0.140. The van der Waals surface area contributed by atoms with Gasteiger partial charge in [0.05, 0.1) is 11.9 Å². The molecule has 0 heterocycles. The van der Waals surface area contributed by atoms with Crippen molar-refractivity contribution in [1.82, 2.24) is 4.72 Å². The highest BCUT2D eigenvalue weighted by Crippen LogP contribution is 2.13. The summed E-state index contributed by atoms with van der Waals surface area (Å²) in [5.41, 5.74) is 1.91. The minimum Gasteiger partial charge on any atom is -0.387 e. The maximum Gasteiger partial charge on any atom is 0.211 e. The fraction of sp³-hybridized carbons (Fsp3) is 0.500. The summed E-state index contributed by atoms with van der Waals surface area (Å²) in [6.45, 7) is 3.63. The zero-order valence-corrected chi connectivity index (χ0v) is 11.0. The third kappa shape index (κ3) is 4.46. The molecule has 1 rings (SSSR count). The number of aryl methyl sites for hydroxylation is 1. The Hall–Kier alpha value is -0.910. The van der Waals surface area contributed by atoms with E-state index < -0.39 is 16.1 Å². The van der Waals surface area contributed by atoms with Gasteiger partial charge in [0.15, 0.2) is 0 Å². The average Bonchev–Trinajstić information content (AvgIpc) is 2.36. The van der Waals surface area contributed by atoms with Crippen molar-refractivity contribution in [2.75, 3.05) is 12.3 Å². The lowest BCUT2D eigenvalue weighted by Crippen LogP contribution is -2.29. The SMILES string of the molecule is CCc1ccc(C(O)CNS(=O)(=O)CC)cc1. The van der Waals surface area contributed by atoms with Crippen LogP contribution in [-0.2, 0) is 16.4 Å². The van der Waals surface area contributed by atoms with Gasteiger partial charge in [-0.1, -0.05) is 31.2 Å². The molecule has 2 N–H and O–H groups in total.